The third-order valence-electron chi connectivity index (χ3n) is 3.52. The molecule has 24 heavy (non-hydrogen) atoms. The van der Waals surface area contributed by atoms with E-state index in [2.05, 4.69) is 9.71 Å². The number of rotatable bonds is 5. The molecule has 7 heteroatoms. The molecule has 0 spiro atoms. The van der Waals surface area contributed by atoms with E-state index in [9.17, 15) is 8.42 Å². The number of aromatic nitrogens is 1. The fourth-order valence-electron chi connectivity index (χ4n) is 2.19. The number of ether oxygens (including phenoxy) is 1. The van der Waals surface area contributed by atoms with E-state index in [1.807, 2.05) is 25.1 Å². The van der Waals surface area contributed by atoms with Crippen molar-refractivity contribution in [1.29, 1.82) is 0 Å². The van der Waals surface area contributed by atoms with Crippen LogP contribution in [-0.4, -0.2) is 20.5 Å². The van der Waals surface area contributed by atoms with Crippen molar-refractivity contribution >= 4 is 15.7 Å². The first-order chi connectivity index (χ1) is 11.5. The Morgan fingerprint density at radius 3 is 2.71 bits per heavy atom. The van der Waals surface area contributed by atoms with Gasteiger partial charge in [0.2, 0.25) is 0 Å². The molecular weight excluding hydrogens is 328 g/mol. The fourth-order valence-corrected chi connectivity index (χ4v) is 3.29. The Hall–Kier alpha value is -2.80. The molecule has 2 aromatic heterocycles. The summed E-state index contributed by atoms with van der Waals surface area (Å²) in [6.45, 7) is 1.83. The van der Waals surface area contributed by atoms with Gasteiger partial charge in [0.1, 0.15) is 16.4 Å². The van der Waals surface area contributed by atoms with Crippen molar-refractivity contribution in [3.8, 4) is 17.1 Å². The first-order valence-electron chi connectivity index (χ1n) is 7.16. The minimum atomic E-state index is -3.78. The van der Waals surface area contributed by atoms with Gasteiger partial charge in [-0.1, -0.05) is 12.1 Å². The number of anilines is 1. The third-order valence-corrected chi connectivity index (χ3v) is 4.85. The summed E-state index contributed by atoms with van der Waals surface area (Å²) < 4.78 is 38.2. The maximum atomic E-state index is 12.6. The van der Waals surface area contributed by atoms with Crippen LogP contribution in [0.3, 0.4) is 0 Å². The van der Waals surface area contributed by atoms with E-state index in [-0.39, 0.29) is 4.90 Å². The maximum Gasteiger partial charge on any atom is 0.263 e. The minimum absolute atomic E-state index is 0.0321. The highest BCUT2D eigenvalue weighted by molar-refractivity contribution is 7.92. The molecule has 0 amide bonds. The number of pyridine rings is 1. The van der Waals surface area contributed by atoms with Crippen LogP contribution in [0.4, 0.5) is 5.69 Å². The number of hydrogen-bond donors (Lipinski definition) is 1. The molecule has 3 aromatic rings. The van der Waals surface area contributed by atoms with Gasteiger partial charge in [-0.25, -0.2) is 8.42 Å². The predicted octanol–water partition coefficient (Wildman–Crippen LogP) is 3.46. The average molecular weight is 344 g/mol. The lowest BCUT2D eigenvalue weighted by Gasteiger charge is -2.12. The average Bonchev–Trinajstić information content (AvgIpc) is 3.11. The highest BCUT2D eigenvalue weighted by Crippen LogP contribution is 2.27. The molecule has 0 radical (unpaired) electrons. The van der Waals surface area contributed by atoms with Crippen LogP contribution < -0.4 is 9.46 Å². The summed E-state index contributed by atoms with van der Waals surface area (Å²) in [4.78, 5) is 3.92. The monoisotopic (exact) mass is 344 g/mol. The summed E-state index contributed by atoms with van der Waals surface area (Å²) in [7, 11) is -2.32. The minimum Gasteiger partial charge on any atom is -0.495 e. The van der Waals surface area contributed by atoms with E-state index < -0.39 is 10.0 Å². The van der Waals surface area contributed by atoms with Gasteiger partial charge in [-0.3, -0.25) is 9.71 Å². The molecule has 0 saturated heterocycles. The van der Waals surface area contributed by atoms with E-state index in [0.29, 0.717) is 17.2 Å². The van der Waals surface area contributed by atoms with Crippen LogP contribution in [0.15, 0.2) is 64.4 Å². The van der Waals surface area contributed by atoms with Crippen LogP contribution in [0.1, 0.15) is 5.56 Å². The zero-order chi connectivity index (χ0) is 17.2. The van der Waals surface area contributed by atoms with Gasteiger partial charge in [-0.2, -0.15) is 0 Å². The maximum absolute atomic E-state index is 12.6. The Morgan fingerprint density at radius 2 is 2.00 bits per heavy atom. The molecule has 0 fully saturated rings. The van der Waals surface area contributed by atoms with Crippen molar-refractivity contribution in [2.75, 3.05) is 11.8 Å². The number of benzene rings is 1. The van der Waals surface area contributed by atoms with Crippen molar-refractivity contribution in [3.63, 3.8) is 0 Å². The second-order valence-electron chi connectivity index (χ2n) is 5.17. The lowest BCUT2D eigenvalue weighted by atomic mass is 10.1. The summed E-state index contributed by atoms with van der Waals surface area (Å²) in [5, 5.41) is 0. The Morgan fingerprint density at radius 1 is 1.17 bits per heavy atom. The molecule has 1 aromatic carbocycles. The molecule has 0 saturated carbocycles. The van der Waals surface area contributed by atoms with Crippen LogP contribution >= 0.6 is 0 Å². The first kappa shape index (κ1) is 16.1. The molecule has 2 heterocycles. The van der Waals surface area contributed by atoms with Gasteiger partial charge in [0.15, 0.2) is 0 Å². The molecule has 0 atom stereocenters. The molecule has 3 rings (SSSR count). The smallest absolute Gasteiger partial charge is 0.263 e. The van der Waals surface area contributed by atoms with Gasteiger partial charge in [0, 0.05) is 17.8 Å². The van der Waals surface area contributed by atoms with Crippen molar-refractivity contribution in [2.45, 2.75) is 11.8 Å². The molecule has 0 bridgehead atoms. The van der Waals surface area contributed by atoms with Crippen LogP contribution in [0.5, 0.6) is 5.75 Å². The van der Waals surface area contributed by atoms with E-state index in [1.165, 1.54) is 25.6 Å². The number of nitrogens with one attached hydrogen (secondary N) is 1. The van der Waals surface area contributed by atoms with Gasteiger partial charge in [-0.05, 0) is 30.7 Å². The van der Waals surface area contributed by atoms with E-state index in [1.54, 1.807) is 18.4 Å². The Balaban J connectivity index is 1.96. The van der Waals surface area contributed by atoms with Crippen LogP contribution in [-0.2, 0) is 10.0 Å². The van der Waals surface area contributed by atoms with Crippen LogP contribution in [0, 0.1) is 6.92 Å². The summed E-state index contributed by atoms with van der Waals surface area (Å²) in [5.41, 5.74) is 2.06. The van der Waals surface area contributed by atoms with Gasteiger partial charge in [0.25, 0.3) is 10.0 Å². The molecule has 0 unspecified atom stereocenters. The fraction of sp³-hybridized carbons (Fsp3) is 0.118. The second-order valence-corrected chi connectivity index (χ2v) is 6.86. The highest BCUT2D eigenvalue weighted by Gasteiger charge is 2.17. The SMILES string of the molecule is COc1cncc(S(=O)(=O)Nc2cc(-c3ccco3)ccc2C)c1. The molecule has 6 nitrogen and oxygen atoms in total. The number of aryl methyl sites for hydroxylation is 1. The zero-order valence-electron chi connectivity index (χ0n) is 13.2. The van der Waals surface area contributed by atoms with Gasteiger partial charge in [-0.15, -0.1) is 0 Å². The van der Waals surface area contributed by atoms with Gasteiger partial charge >= 0.3 is 0 Å². The second kappa shape index (κ2) is 6.37. The zero-order valence-corrected chi connectivity index (χ0v) is 14.0. The predicted molar refractivity (Wildman–Crippen MR) is 90.5 cm³/mol. The molecule has 1 N–H and O–H groups in total. The summed E-state index contributed by atoms with van der Waals surface area (Å²) >= 11 is 0. The topological polar surface area (TPSA) is 81.4 Å². The molecule has 0 aliphatic heterocycles. The van der Waals surface area contributed by atoms with Crippen LogP contribution in [0.25, 0.3) is 11.3 Å². The van der Waals surface area contributed by atoms with Gasteiger partial charge < -0.3 is 9.15 Å². The Bertz CT molecular complexity index is 950. The summed E-state index contributed by atoms with van der Waals surface area (Å²) in [5.74, 6) is 1.04. The first-order valence-corrected chi connectivity index (χ1v) is 8.64. The Labute approximate surface area is 140 Å². The standard InChI is InChI=1S/C17H16N2O4S/c1-12-5-6-13(17-4-3-7-23-17)8-16(12)19-24(20,21)15-9-14(22-2)10-18-11-15/h3-11,19H,1-2H3. The van der Waals surface area contributed by atoms with Crippen molar-refractivity contribution in [3.05, 3.63) is 60.6 Å². The summed E-state index contributed by atoms with van der Waals surface area (Å²) in [6, 6.07) is 10.5. The summed E-state index contributed by atoms with van der Waals surface area (Å²) in [6.07, 6.45) is 4.29. The number of nitrogens with zero attached hydrogens (tertiary/aromatic N) is 1. The molecule has 0 aliphatic carbocycles. The van der Waals surface area contributed by atoms with E-state index in [4.69, 9.17) is 9.15 Å². The van der Waals surface area contributed by atoms with Crippen molar-refractivity contribution < 1.29 is 17.6 Å². The van der Waals surface area contributed by atoms with Crippen molar-refractivity contribution in [2.24, 2.45) is 0 Å². The third kappa shape index (κ3) is 3.26. The highest BCUT2D eigenvalue weighted by atomic mass is 32.2. The van der Waals surface area contributed by atoms with E-state index >= 15 is 0 Å². The van der Waals surface area contributed by atoms with Crippen molar-refractivity contribution in [1.82, 2.24) is 4.98 Å². The molecular formula is C17H16N2O4S. The normalized spacial score (nSPS) is 11.2. The lowest BCUT2D eigenvalue weighted by molar-refractivity contribution is 0.411. The van der Waals surface area contributed by atoms with Crippen LogP contribution in [0.2, 0.25) is 0 Å². The Kier molecular flexibility index (Phi) is 4.26. The number of furan rings is 1. The number of hydrogen-bond acceptors (Lipinski definition) is 5. The largest absolute Gasteiger partial charge is 0.495 e. The number of sulfonamides is 1. The van der Waals surface area contributed by atoms with Gasteiger partial charge in [0.05, 0.1) is 25.3 Å². The molecule has 0 aliphatic rings. The molecule has 124 valence electrons. The quantitative estimate of drug-likeness (QED) is 0.766. The number of methoxy groups -OCH3 is 1. The van der Waals surface area contributed by atoms with E-state index in [0.717, 1.165) is 11.1 Å². The lowest BCUT2D eigenvalue weighted by Crippen LogP contribution is -2.14.